The third-order valence-corrected chi connectivity index (χ3v) is 7.54. The maximum Gasteiger partial charge on any atom is 0.416 e. The van der Waals surface area contributed by atoms with Crippen LogP contribution in [0, 0.1) is 11.3 Å². The van der Waals surface area contributed by atoms with Gasteiger partial charge in [0.25, 0.3) is 0 Å². The molecule has 4 rings (SSSR count). The molecule has 0 aliphatic carbocycles. The molecular formula is C26H28Cl2N2O5. The fourth-order valence-electron chi connectivity index (χ4n) is 5.35. The normalized spacial score (nSPS) is 24.5. The number of hydrogen-bond acceptors (Lipinski definition) is 4. The lowest BCUT2D eigenvalue weighted by atomic mass is 9.74. The van der Waals surface area contributed by atoms with Gasteiger partial charge in [0.1, 0.15) is 6.61 Å². The zero-order valence-electron chi connectivity index (χ0n) is 19.8. The van der Waals surface area contributed by atoms with E-state index in [2.05, 4.69) is 0 Å². The Labute approximate surface area is 214 Å². The number of hydrogen-bond donors (Lipinski definition) is 1. The van der Waals surface area contributed by atoms with Crippen LogP contribution in [0.3, 0.4) is 0 Å². The topological polar surface area (TPSA) is 87.2 Å². The van der Waals surface area contributed by atoms with Crippen molar-refractivity contribution in [3.63, 3.8) is 0 Å². The maximum absolute atomic E-state index is 14.2. The summed E-state index contributed by atoms with van der Waals surface area (Å²) in [5.41, 5.74) is 1.09. The van der Waals surface area contributed by atoms with Crippen LogP contribution in [0.1, 0.15) is 37.8 Å². The van der Waals surface area contributed by atoms with E-state index in [1.165, 1.54) is 9.80 Å². The summed E-state index contributed by atoms with van der Waals surface area (Å²) in [5, 5.41) is 10.7. The summed E-state index contributed by atoms with van der Waals surface area (Å²) < 4.78 is 5.30. The Hall–Kier alpha value is -2.77. The predicted molar refractivity (Wildman–Crippen MR) is 133 cm³/mol. The van der Waals surface area contributed by atoms with E-state index in [0.29, 0.717) is 22.0 Å². The van der Waals surface area contributed by atoms with Gasteiger partial charge in [-0.1, -0.05) is 80.4 Å². The Morgan fingerprint density at radius 1 is 1.09 bits per heavy atom. The number of imide groups is 1. The molecule has 0 aromatic heterocycles. The largest absolute Gasteiger partial charge is 0.465 e. The second-order valence-corrected chi connectivity index (χ2v) is 11.0. The van der Waals surface area contributed by atoms with Crippen molar-refractivity contribution >= 4 is 41.3 Å². The van der Waals surface area contributed by atoms with Crippen LogP contribution in [0.2, 0.25) is 10.0 Å². The van der Waals surface area contributed by atoms with E-state index in [1.54, 1.807) is 18.2 Å². The van der Waals surface area contributed by atoms with E-state index in [9.17, 15) is 19.5 Å². The van der Waals surface area contributed by atoms with Crippen molar-refractivity contribution in [1.29, 1.82) is 0 Å². The van der Waals surface area contributed by atoms with E-state index in [4.69, 9.17) is 27.9 Å². The van der Waals surface area contributed by atoms with Gasteiger partial charge in [0.05, 0.1) is 28.0 Å². The Morgan fingerprint density at radius 2 is 1.77 bits per heavy atom. The highest BCUT2D eigenvalue weighted by atomic mass is 35.5. The number of carbonyl (C=O) groups is 3. The highest BCUT2D eigenvalue weighted by molar-refractivity contribution is 6.42. The van der Waals surface area contributed by atoms with Crippen LogP contribution < -0.4 is 0 Å². The third kappa shape index (κ3) is 4.98. The minimum atomic E-state index is -1.12. The van der Waals surface area contributed by atoms with Gasteiger partial charge in [-0.05, 0) is 35.1 Å². The number of amides is 3. The monoisotopic (exact) mass is 518 g/mol. The van der Waals surface area contributed by atoms with Gasteiger partial charge in [0.15, 0.2) is 0 Å². The van der Waals surface area contributed by atoms with Crippen molar-refractivity contribution in [2.75, 3.05) is 13.2 Å². The number of cyclic esters (lactones) is 1. The average Bonchev–Trinajstić information content (AvgIpc) is 3.37. The molecule has 0 saturated carbocycles. The molecule has 2 aliphatic heterocycles. The van der Waals surface area contributed by atoms with Gasteiger partial charge in [-0.15, -0.1) is 0 Å². The highest BCUT2D eigenvalue weighted by Crippen LogP contribution is 2.46. The summed E-state index contributed by atoms with van der Waals surface area (Å²) in [5.74, 6) is -1.76. The molecule has 9 heteroatoms. The van der Waals surface area contributed by atoms with Crippen LogP contribution in [0.15, 0.2) is 48.5 Å². The number of carboxylic acid groups (broad SMARTS) is 1. The molecule has 0 radical (unpaired) electrons. The molecular weight excluding hydrogens is 491 g/mol. The number of benzene rings is 2. The molecule has 4 atom stereocenters. The summed E-state index contributed by atoms with van der Waals surface area (Å²) in [4.78, 5) is 41.7. The first-order valence-corrected chi connectivity index (χ1v) is 12.2. The molecule has 2 heterocycles. The lowest BCUT2D eigenvalue weighted by molar-refractivity contribution is -0.135. The SMILES string of the molecule is CC(C)(C)C1[C@@H](C(=O)N2C(=O)OC[C@H]2Cc2ccccc2)[C@H](c2ccc(Cl)c(Cl)c2)CN1C(=O)O. The van der Waals surface area contributed by atoms with Gasteiger partial charge in [-0.2, -0.15) is 0 Å². The second-order valence-electron chi connectivity index (χ2n) is 10.2. The van der Waals surface area contributed by atoms with Crippen molar-refractivity contribution in [2.45, 2.75) is 45.2 Å². The molecule has 1 N–H and O–H groups in total. The Morgan fingerprint density at radius 3 is 2.37 bits per heavy atom. The molecule has 3 amide bonds. The van der Waals surface area contributed by atoms with Gasteiger partial charge in [-0.3, -0.25) is 4.79 Å². The average molecular weight is 519 g/mol. The fourth-order valence-corrected chi connectivity index (χ4v) is 5.65. The van der Waals surface area contributed by atoms with Crippen LogP contribution in [0.25, 0.3) is 0 Å². The lowest BCUT2D eigenvalue weighted by Gasteiger charge is -2.38. The van der Waals surface area contributed by atoms with Gasteiger partial charge < -0.3 is 14.7 Å². The van der Waals surface area contributed by atoms with Gasteiger partial charge in [-0.25, -0.2) is 14.5 Å². The minimum absolute atomic E-state index is 0.0897. The van der Waals surface area contributed by atoms with Crippen LogP contribution in [0.4, 0.5) is 9.59 Å². The summed E-state index contributed by atoms with van der Waals surface area (Å²) in [6.45, 7) is 5.88. The predicted octanol–water partition coefficient (Wildman–Crippen LogP) is 5.69. The van der Waals surface area contributed by atoms with Gasteiger partial charge >= 0.3 is 12.2 Å². The van der Waals surface area contributed by atoms with Crippen molar-refractivity contribution in [2.24, 2.45) is 11.3 Å². The van der Waals surface area contributed by atoms with Gasteiger partial charge in [0.2, 0.25) is 5.91 Å². The molecule has 2 aliphatic rings. The van der Waals surface area contributed by atoms with Crippen LogP contribution >= 0.6 is 23.2 Å². The summed E-state index contributed by atoms with van der Waals surface area (Å²) in [6, 6.07) is 13.5. The molecule has 2 saturated heterocycles. The number of halogens is 2. The van der Waals surface area contributed by atoms with Gasteiger partial charge in [0, 0.05) is 12.5 Å². The van der Waals surface area contributed by atoms with Crippen molar-refractivity contribution in [3.05, 3.63) is 69.7 Å². The quantitative estimate of drug-likeness (QED) is 0.561. The Balaban J connectivity index is 1.76. The number of nitrogens with zero attached hydrogens (tertiary/aromatic N) is 2. The fraction of sp³-hybridized carbons (Fsp3) is 0.423. The Bertz CT molecular complexity index is 1130. The molecule has 0 spiro atoms. The third-order valence-electron chi connectivity index (χ3n) is 6.81. The highest BCUT2D eigenvalue weighted by Gasteiger charge is 2.56. The van der Waals surface area contributed by atoms with Crippen molar-refractivity contribution in [3.8, 4) is 0 Å². The van der Waals surface area contributed by atoms with Crippen LogP contribution in [0.5, 0.6) is 0 Å². The molecule has 7 nitrogen and oxygen atoms in total. The molecule has 35 heavy (non-hydrogen) atoms. The first kappa shape index (κ1) is 25.3. The summed E-state index contributed by atoms with van der Waals surface area (Å²) in [6.07, 6.45) is -1.37. The van der Waals surface area contributed by atoms with Crippen LogP contribution in [-0.2, 0) is 16.0 Å². The second kappa shape index (κ2) is 9.70. The number of ether oxygens (including phenoxy) is 1. The van der Waals surface area contributed by atoms with E-state index in [-0.39, 0.29) is 13.2 Å². The number of likely N-dealkylation sites (tertiary alicyclic amines) is 1. The minimum Gasteiger partial charge on any atom is -0.465 e. The molecule has 1 unspecified atom stereocenters. The first-order valence-electron chi connectivity index (χ1n) is 11.5. The van der Waals surface area contributed by atoms with E-state index >= 15 is 0 Å². The zero-order chi connectivity index (χ0) is 25.5. The van der Waals surface area contributed by atoms with Crippen LogP contribution in [-0.4, -0.2) is 58.2 Å². The molecule has 0 bridgehead atoms. The molecule has 2 aromatic rings. The smallest absolute Gasteiger partial charge is 0.416 e. The lowest BCUT2D eigenvalue weighted by Crippen LogP contribution is -2.52. The van der Waals surface area contributed by atoms with E-state index in [1.807, 2.05) is 51.1 Å². The summed E-state index contributed by atoms with van der Waals surface area (Å²) in [7, 11) is 0. The standard InChI is InChI=1S/C26H28Cl2N2O5/c1-26(2,3)22-21(18(13-29(22)24(32)33)16-9-10-19(27)20(28)12-16)23(31)30-17(14-35-25(30)34)11-15-7-5-4-6-8-15/h4-10,12,17-18,21-22H,11,13-14H2,1-3H3,(H,32,33)/t17-,18+,21+,22?/m1/s1. The van der Waals surface area contributed by atoms with Crippen molar-refractivity contribution < 1.29 is 24.2 Å². The maximum atomic E-state index is 14.2. The number of rotatable bonds is 4. The van der Waals surface area contributed by atoms with Crippen molar-refractivity contribution in [1.82, 2.24) is 9.80 Å². The number of carbonyl (C=O) groups excluding carboxylic acids is 2. The molecule has 186 valence electrons. The molecule has 2 aromatic carbocycles. The zero-order valence-corrected chi connectivity index (χ0v) is 21.3. The summed E-state index contributed by atoms with van der Waals surface area (Å²) >= 11 is 12.4. The van der Waals surface area contributed by atoms with E-state index in [0.717, 1.165) is 5.56 Å². The molecule has 2 fully saturated rings. The Kier molecular flexibility index (Phi) is 7.02. The van der Waals surface area contributed by atoms with E-state index < -0.39 is 47.4 Å². The first-order chi connectivity index (χ1) is 16.5.